The van der Waals surface area contributed by atoms with Crippen LogP contribution in [0.15, 0.2) is 0 Å². The fourth-order valence-electron chi connectivity index (χ4n) is 1.11. The molecule has 0 spiro atoms. The minimum Gasteiger partial charge on any atom is -0.481 e. The van der Waals surface area contributed by atoms with Crippen molar-refractivity contribution in [1.29, 1.82) is 0 Å². The number of rotatable bonds is 5. The molecule has 2 N–H and O–H groups in total. The van der Waals surface area contributed by atoms with Gasteiger partial charge in [-0.15, -0.1) is 0 Å². The number of hydrogen-bond acceptors (Lipinski definition) is 4. The summed E-state index contributed by atoms with van der Waals surface area (Å²) in [5.41, 5.74) is 0. The predicted octanol–water partition coefficient (Wildman–Crippen LogP) is -0.254. The number of nitrogens with one attached hydrogen (secondary N) is 1. The first kappa shape index (κ1) is 11.8. The number of aliphatic carboxylic acids is 1. The Bertz CT molecular complexity index is 282. The van der Waals surface area contributed by atoms with Crippen molar-refractivity contribution in [2.75, 3.05) is 25.4 Å². The fraction of sp³-hybridized carbons (Fsp3) is 0.625. The molecule has 84 valence electrons. The average molecular weight is 232 g/mol. The molecule has 0 unspecified atom stereocenters. The highest BCUT2D eigenvalue weighted by Gasteiger charge is 2.22. The zero-order valence-electron chi connectivity index (χ0n) is 8.06. The molecule has 0 aromatic rings. The van der Waals surface area contributed by atoms with Crippen LogP contribution in [0.5, 0.6) is 0 Å². The van der Waals surface area contributed by atoms with Gasteiger partial charge in [0, 0.05) is 18.8 Å². The van der Waals surface area contributed by atoms with Crippen LogP contribution in [0, 0.1) is 0 Å². The topological polar surface area (TPSA) is 86.7 Å². The first-order valence-electron chi connectivity index (χ1n) is 4.50. The van der Waals surface area contributed by atoms with E-state index in [2.05, 4.69) is 5.32 Å². The highest BCUT2D eigenvalue weighted by atomic mass is 32.2. The maximum Gasteiger partial charge on any atom is 0.305 e. The van der Waals surface area contributed by atoms with Gasteiger partial charge in [0.15, 0.2) is 0 Å². The van der Waals surface area contributed by atoms with E-state index in [4.69, 9.17) is 5.11 Å². The molecule has 2 amide bonds. The van der Waals surface area contributed by atoms with Crippen LogP contribution in [0.25, 0.3) is 0 Å². The second kappa shape index (κ2) is 5.59. The van der Waals surface area contributed by atoms with Crippen molar-refractivity contribution in [3.05, 3.63) is 0 Å². The molecular weight excluding hydrogens is 220 g/mol. The Morgan fingerprint density at radius 1 is 1.53 bits per heavy atom. The minimum absolute atomic E-state index is 0.0193. The normalized spacial score (nSPS) is 15.5. The highest BCUT2D eigenvalue weighted by Crippen LogP contribution is 2.16. The summed E-state index contributed by atoms with van der Waals surface area (Å²) in [5.74, 6) is -0.559. The maximum absolute atomic E-state index is 11.2. The monoisotopic (exact) mass is 232 g/mol. The Balaban J connectivity index is 2.18. The summed E-state index contributed by atoms with van der Waals surface area (Å²) in [6.45, 7) is 0.699. The quantitative estimate of drug-likeness (QED) is 0.682. The lowest BCUT2D eigenvalue weighted by Crippen LogP contribution is -2.38. The molecule has 0 radical (unpaired) electrons. The van der Waals surface area contributed by atoms with Gasteiger partial charge in [-0.1, -0.05) is 11.8 Å². The van der Waals surface area contributed by atoms with Gasteiger partial charge in [0.1, 0.15) is 6.54 Å². The van der Waals surface area contributed by atoms with E-state index in [-0.39, 0.29) is 30.7 Å². The van der Waals surface area contributed by atoms with E-state index in [9.17, 15) is 14.4 Å². The zero-order valence-corrected chi connectivity index (χ0v) is 8.88. The van der Waals surface area contributed by atoms with Gasteiger partial charge in [0.05, 0.1) is 6.42 Å². The summed E-state index contributed by atoms with van der Waals surface area (Å²) in [6.07, 6.45) is -0.103. The molecule has 1 fully saturated rings. The first-order valence-corrected chi connectivity index (χ1v) is 5.48. The maximum atomic E-state index is 11.2. The van der Waals surface area contributed by atoms with E-state index in [1.54, 1.807) is 0 Å². The smallest absolute Gasteiger partial charge is 0.305 e. The van der Waals surface area contributed by atoms with Gasteiger partial charge < -0.3 is 15.3 Å². The van der Waals surface area contributed by atoms with Gasteiger partial charge >= 0.3 is 5.97 Å². The molecule has 1 aliphatic rings. The summed E-state index contributed by atoms with van der Waals surface area (Å²) in [6, 6.07) is 0. The van der Waals surface area contributed by atoms with Crippen LogP contribution in [0.4, 0.5) is 4.79 Å². The first-order chi connectivity index (χ1) is 7.09. The minimum atomic E-state index is -0.955. The fourth-order valence-corrected chi connectivity index (χ4v) is 1.93. The van der Waals surface area contributed by atoms with E-state index in [0.29, 0.717) is 12.3 Å². The summed E-state index contributed by atoms with van der Waals surface area (Å²) < 4.78 is 0. The predicted molar refractivity (Wildman–Crippen MR) is 54.7 cm³/mol. The molecule has 0 saturated carbocycles. The molecule has 1 rings (SSSR count). The molecule has 15 heavy (non-hydrogen) atoms. The van der Waals surface area contributed by atoms with Crippen LogP contribution in [-0.4, -0.2) is 52.5 Å². The molecule has 0 atom stereocenters. The third-order valence-electron chi connectivity index (χ3n) is 1.84. The molecule has 1 heterocycles. The Kier molecular flexibility index (Phi) is 4.41. The van der Waals surface area contributed by atoms with Crippen molar-refractivity contribution in [1.82, 2.24) is 10.2 Å². The molecule has 0 aromatic heterocycles. The number of hydrogen-bond donors (Lipinski definition) is 2. The van der Waals surface area contributed by atoms with Gasteiger partial charge in [-0.25, -0.2) is 0 Å². The number of carboxylic acids is 1. The highest BCUT2D eigenvalue weighted by molar-refractivity contribution is 8.13. The van der Waals surface area contributed by atoms with Crippen molar-refractivity contribution >= 4 is 28.9 Å². The van der Waals surface area contributed by atoms with Gasteiger partial charge in [-0.2, -0.15) is 0 Å². The number of nitrogens with zero attached hydrogens (tertiary/aromatic N) is 1. The number of thioether (sulfide) groups is 1. The number of carbonyl (C=O) groups is 3. The lowest BCUT2D eigenvalue weighted by molar-refractivity contribution is -0.136. The van der Waals surface area contributed by atoms with Gasteiger partial charge in [-0.05, 0) is 0 Å². The van der Waals surface area contributed by atoms with E-state index >= 15 is 0 Å². The number of carbonyl (C=O) groups excluding carboxylic acids is 2. The molecule has 0 bridgehead atoms. The van der Waals surface area contributed by atoms with E-state index in [1.165, 1.54) is 16.7 Å². The van der Waals surface area contributed by atoms with Crippen molar-refractivity contribution in [2.24, 2.45) is 0 Å². The largest absolute Gasteiger partial charge is 0.481 e. The van der Waals surface area contributed by atoms with Crippen LogP contribution in [0.1, 0.15) is 6.42 Å². The second-order valence-electron chi connectivity index (χ2n) is 3.03. The van der Waals surface area contributed by atoms with Crippen molar-refractivity contribution in [3.63, 3.8) is 0 Å². The Hall–Kier alpha value is -1.24. The molecule has 1 saturated heterocycles. The lowest BCUT2D eigenvalue weighted by Gasteiger charge is -2.13. The zero-order chi connectivity index (χ0) is 11.3. The number of amides is 2. The molecule has 7 heteroatoms. The molecule has 1 aliphatic heterocycles. The molecular formula is C8H12N2O4S. The number of carboxylic acid groups (broad SMARTS) is 1. The molecule has 0 aromatic carbocycles. The molecule has 0 aliphatic carbocycles. The van der Waals surface area contributed by atoms with Crippen molar-refractivity contribution in [3.8, 4) is 0 Å². The van der Waals surface area contributed by atoms with Crippen LogP contribution in [0.3, 0.4) is 0 Å². The van der Waals surface area contributed by atoms with Crippen LogP contribution < -0.4 is 5.32 Å². The Morgan fingerprint density at radius 3 is 2.80 bits per heavy atom. The van der Waals surface area contributed by atoms with Crippen LogP contribution >= 0.6 is 11.8 Å². The van der Waals surface area contributed by atoms with E-state index < -0.39 is 5.97 Å². The van der Waals surface area contributed by atoms with Gasteiger partial charge in [0.2, 0.25) is 5.91 Å². The van der Waals surface area contributed by atoms with E-state index in [0.717, 1.165) is 0 Å². The summed E-state index contributed by atoms with van der Waals surface area (Å²) >= 11 is 1.19. The van der Waals surface area contributed by atoms with E-state index in [1.807, 2.05) is 0 Å². The third-order valence-corrected chi connectivity index (χ3v) is 2.73. The van der Waals surface area contributed by atoms with Gasteiger partial charge in [-0.3, -0.25) is 14.4 Å². The SMILES string of the molecule is O=C(O)CCNC(=O)CN1CCSC1=O. The third kappa shape index (κ3) is 4.20. The summed E-state index contributed by atoms with van der Waals surface area (Å²) in [7, 11) is 0. The summed E-state index contributed by atoms with van der Waals surface area (Å²) in [4.78, 5) is 33.9. The Morgan fingerprint density at radius 2 is 2.27 bits per heavy atom. The van der Waals surface area contributed by atoms with Crippen molar-refractivity contribution in [2.45, 2.75) is 6.42 Å². The van der Waals surface area contributed by atoms with Crippen molar-refractivity contribution < 1.29 is 19.5 Å². The van der Waals surface area contributed by atoms with Crippen LogP contribution in [0.2, 0.25) is 0 Å². The van der Waals surface area contributed by atoms with Gasteiger partial charge in [0.25, 0.3) is 5.24 Å². The lowest BCUT2D eigenvalue weighted by atomic mass is 10.4. The summed E-state index contributed by atoms with van der Waals surface area (Å²) in [5, 5.41) is 10.7. The van der Waals surface area contributed by atoms with Crippen LogP contribution in [-0.2, 0) is 9.59 Å². The Labute approximate surface area is 91.0 Å². The molecule has 6 nitrogen and oxygen atoms in total. The standard InChI is InChI=1S/C8H12N2O4S/c11-6(9-2-1-7(12)13)5-10-3-4-15-8(10)14/h1-5H2,(H,9,11)(H,12,13). The average Bonchev–Trinajstić information content (AvgIpc) is 2.51. The second-order valence-corrected chi connectivity index (χ2v) is 4.08.